The van der Waals surface area contributed by atoms with E-state index in [4.69, 9.17) is 0 Å². The van der Waals surface area contributed by atoms with Gasteiger partial charge in [0.25, 0.3) is 0 Å². The van der Waals surface area contributed by atoms with Crippen LogP contribution in [0.4, 0.5) is 16.5 Å². The molecule has 3 rings (SSSR count). The van der Waals surface area contributed by atoms with E-state index in [1.807, 2.05) is 48.5 Å². The average Bonchev–Trinajstić information content (AvgIpc) is 3.17. The highest BCUT2D eigenvalue weighted by Crippen LogP contribution is 2.23. The van der Waals surface area contributed by atoms with Crippen LogP contribution < -0.4 is 16.1 Å². The largest absolute Gasteiger partial charge is 0.355 e. The third-order valence-corrected chi connectivity index (χ3v) is 4.48. The fourth-order valence-corrected chi connectivity index (χ4v) is 2.98. The van der Waals surface area contributed by atoms with Crippen molar-refractivity contribution in [2.24, 2.45) is 5.10 Å². The van der Waals surface area contributed by atoms with Crippen LogP contribution in [-0.4, -0.2) is 23.0 Å². The summed E-state index contributed by atoms with van der Waals surface area (Å²) in [6, 6.07) is 15.3. The number of anilines is 3. The Kier molecular flexibility index (Phi) is 6.29. The van der Waals surface area contributed by atoms with Gasteiger partial charge in [-0.15, -0.1) is 11.3 Å². The summed E-state index contributed by atoms with van der Waals surface area (Å²) in [5, 5.41) is 11.6. The van der Waals surface area contributed by atoms with Gasteiger partial charge >= 0.3 is 11.8 Å². The van der Waals surface area contributed by atoms with Crippen LogP contribution in [0.15, 0.2) is 69.7 Å². The topological polar surface area (TPSA) is 95.5 Å². The molecule has 0 saturated heterocycles. The first-order valence-corrected chi connectivity index (χ1v) is 9.44. The number of nitrogens with zero attached hydrogens (tertiary/aromatic N) is 2. The summed E-state index contributed by atoms with van der Waals surface area (Å²) in [7, 11) is 0. The number of para-hydroxylation sites is 1. The Bertz CT molecular complexity index is 961. The SMILES string of the molecule is O=C(N/N=C\c1cc(Br)ccc1Nc1ccccc1)C(=O)Nc1nccs1. The Labute approximate surface area is 167 Å². The van der Waals surface area contributed by atoms with Crippen molar-refractivity contribution in [2.45, 2.75) is 0 Å². The van der Waals surface area contributed by atoms with Gasteiger partial charge < -0.3 is 5.32 Å². The van der Waals surface area contributed by atoms with Crippen LogP contribution in [0, 0.1) is 0 Å². The zero-order valence-corrected chi connectivity index (χ0v) is 16.3. The van der Waals surface area contributed by atoms with Crippen LogP contribution in [0.5, 0.6) is 0 Å². The zero-order valence-electron chi connectivity index (χ0n) is 13.8. The number of thiazole rings is 1. The van der Waals surface area contributed by atoms with Crippen molar-refractivity contribution in [1.29, 1.82) is 0 Å². The minimum absolute atomic E-state index is 0.348. The van der Waals surface area contributed by atoms with Crippen molar-refractivity contribution < 1.29 is 9.59 Å². The predicted molar refractivity (Wildman–Crippen MR) is 110 cm³/mol. The molecule has 0 aliphatic carbocycles. The van der Waals surface area contributed by atoms with Crippen molar-refractivity contribution in [2.75, 3.05) is 10.6 Å². The molecule has 2 aromatic carbocycles. The molecule has 0 atom stereocenters. The third kappa shape index (κ3) is 5.47. The fraction of sp³-hybridized carbons (Fsp3) is 0. The van der Waals surface area contributed by atoms with E-state index in [0.29, 0.717) is 5.13 Å². The number of hydrogen-bond acceptors (Lipinski definition) is 6. The lowest BCUT2D eigenvalue weighted by Crippen LogP contribution is -2.32. The van der Waals surface area contributed by atoms with E-state index < -0.39 is 11.8 Å². The second-order valence-corrected chi connectivity index (χ2v) is 7.02. The van der Waals surface area contributed by atoms with Crippen molar-refractivity contribution in [3.63, 3.8) is 0 Å². The van der Waals surface area contributed by atoms with E-state index in [9.17, 15) is 9.59 Å². The number of hydrogen-bond donors (Lipinski definition) is 3. The average molecular weight is 444 g/mol. The summed E-state index contributed by atoms with van der Waals surface area (Å²) in [4.78, 5) is 27.5. The minimum atomic E-state index is -0.881. The van der Waals surface area contributed by atoms with E-state index in [2.05, 4.69) is 42.1 Å². The lowest BCUT2D eigenvalue weighted by molar-refractivity contribution is -0.136. The van der Waals surface area contributed by atoms with E-state index in [-0.39, 0.29) is 0 Å². The summed E-state index contributed by atoms with van der Waals surface area (Å²) in [5.74, 6) is -1.71. The van der Waals surface area contributed by atoms with Crippen molar-refractivity contribution in [3.05, 3.63) is 70.1 Å². The van der Waals surface area contributed by atoms with Crippen molar-refractivity contribution in [3.8, 4) is 0 Å². The molecule has 0 bridgehead atoms. The molecule has 1 heterocycles. The molecule has 0 radical (unpaired) electrons. The molecular formula is C18H14BrN5O2S. The minimum Gasteiger partial charge on any atom is -0.355 e. The Morgan fingerprint density at radius 3 is 2.67 bits per heavy atom. The number of nitrogens with one attached hydrogen (secondary N) is 3. The van der Waals surface area contributed by atoms with Crippen molar-refractivity contribution >= 4 is 61.8 Å². The van der Waals surface area contributed by atoms with Gasteiger partial charge in [0, 0.05) is 33.0 Å². The van der Waals surface area contributed by atoms with E-state index in [0.717, 1.165) is 21.4 Å². The highest BCUT2D eigenvalue weighted by atomic mass is 79.9. The smallest absolute Gasteiger partial charge is 0.329 e. The van der Waals surface area contributed by atoms with Crippen LogP contribution in [0.2, 0.25) is 0 Å². The molecule has 1 aromatic heterocycles. The van der Waals surface area contributed by atoms with Gasteiger partial charge in [-0.25, -0.2) is 10.4 Å². The summed E-state index contributed by atoms with van der Waals surface area (Å²) in [6.45, 7) is 0. The van der Waals surface area contributed by atoms with Gasteiger partial charge in [-0.3, -0.25) is 14.9 Å². The molecule has 0 saturated carbocycles. The number of aromatic nitrogens is 1. The molecule has 136 valence electrons. The number of hydrazone groups is 1. The second-order valence-electron chi connectivity index (χ2n) is 5.21. The van der Waals surface area contributed by atoms with Crippen LogP contribution in [0.1, 0.15) is 5.56 Å². The molecular weight excluding hydrogens is 430 g/mol. The zero-order chi connectivity index (χ0) is 19.1. The maximum absolute atomic E-state index is 11.8. The van der Waals surface area contributed by atoms with Gasteiger partial charge in [0.2, 0.25) is 0 Å². The van der Waals surface area contributed by atoms with E-state index in [1.165, 1.54) is 23.7 Å². The number of halogens is 1. The molecule has 9 heteroatoms. The van der Waals surface area contributed by atoms with Gasteiger partial charge in [-0.2, -0.15) is 5.10 Å². The normalized spacial score (nSPS) is 10.6. The predicted octanol–water partition coefficient (Wildman–Crippen LogP) is 3.74. The highest BCUT2D eigenvalue weighted by molar-refractivity contribution is 9.10. The summed E-state index contributed by atoms with van der Waals surface area (Å²) in [6.07, 6.45) is 3.00. The Morgan fingerprint density at radius 1 is 1.11 bits per heavy atom. The molecule has 0 fully saturated rings. The molecule has 3 N–H and O–H groups in total. The third-order valence-electron chi connectivity index (χ3n) is 3.30. The van der Waals surface area contributed by atoms with Gasteiger partial charge in [0.1, 0.15) is 0 Å². The molecule has 2 amide bonds. The standard InChI is InChI=1S/C18H14BrN5O2S/c19-13-6-7-15(22-14-4-2-1-3-5-14)12(10-13)11-21-24-17(26)16(25)23-18-20-8-9-27-18/h1-11,22H,(H,24,26)(H,20,23,25)/b21-11-. The van der Waals surface area contributed by atoms with Crippen LogP contribution >= 0.6 is 27.3 Å². The first-order chi connectivity index (χ1) is 13.1. The molecule has 7 nitrogen and oxygen atoms in total. The monoisotopic (exact) mass is 443 g/mol. The maximum atomic E-state index is 11.8. The van der Waals surface area contributed by atoms with Crippen molar-refractivity contribution in [1.82, 2.24) is 10.4 Å². The maximum Gasteiger partial charge on any atom is 0.329 e. The van der Waals surface area contributed by atoms with E-state index >= 15 is 0 Å². The number of amides is 2. The Balaban J connectivity index is 1.66. The lowest BCUT2D eigenvalue weighted by Gasteiger charge is -2.10. The van der Waals surface area contributed by atoms with Gasteiger partial charge in [-0.1, -0.05) is 34.1 Å². The van der Waals surface area contributed by atoms with Crippen LogP contribution in [0.3, 0.4) is 0 Å². The van der Waals surface area contributed by atoms with Gasteiger partial charge in [0.05, 0.1) is 6.21 Å². The fourth-order valence-electron chi connectivity index (χ4n) is 2.08. The highest BCUT2D eigenvalue weighted by Gasteiger charge is 2.13. The van der Waals surface area contributed by atoms with Crippen LogP contribution in [-0.2, 0) is 9.59 Å². The summed E-state index contributed by atoms with van der Waals surface area (Å²) < 4.78 is 0.857. The lowest BCUT2D eigenvalue weighted by atomic mass is 10.2. The number of benzene rings is 2. The quantitative estimate of drug-likeness (QED) is 0.318. The number of carbonyl (C=O) groups excluding carboxylic acids is 2. The number of carbonyl (C=O) groups is 2. The van der Waals surface area contributed by atoms with Gasteiger partial charge in [0.15, 0.2) is 5.13 Å². The van der Waals surface area contributed by atoms with Crippen LogP contribution in [0.25, 0.3) is 0 Å². The number of rotatable bonds is 5. The Hall–Kier alpha value is -3.04. The summed E-state index contributed by atoms with van der Waals surface area (Å²) >= 11 is 4.63. The molecule has 27 heavy (non-hydrogen) atoms. The van der Waals surface area contributed by atoms with E-state index in [1.54, 1.807) is 5.38 Å². The second kappa shape index (κ2) is 9.06. The first kappa shape index (κ1) is 18.7. The molecule has 0 spiro atoms. The molecule has 3 aromatic rings. The Morgan fingerprint density at radius 2 is 1.93 bits per heavy atom. The molecule has 0 aliphatic rings. The first-order valence-electron chi connectivity index (χ1n) is 7.77. The molecule has 0 aliphatic heterocycles. The summed E-state index contributed by atoms with van der Waals surface area (Å²) in [5.41, 5.74) is 4.66. The molecule has 0 unspecified atom stereocenters. The van der Waals surface area contributed by atoms with Gasteiger partial charge in [-0.05, 0) is 30.3 Å².